The van der Waals surface area contributed by atoms with E-state index in [9.17, 15) is 4.79 Å². The molecule has 0 spiro atoms. The fourth-order valence-electron chi connectivity index (χ4n) is 3.96. The molecule has 1 aromatic heterocycles. The van der Waals surface area contributed by atoms with E-state index in [2.05, 4.69) is 22.0 Å². The van der Waals surface area contributed by atoms with E-state index in [0.717, 1.165) is 18.7 Å². The number of nitrogens with zero attached hydrogens (tertiary/aromatic N) is 4. The van der Waals surface area contributed by atoms with E-state index < -0.39 is 5.60 Å². The number of carbonyl (C=O) groups excluding carboxylic acids is 1. The summed E-state index contributed by atoms with van der Waals surface area (Å²) < 4.78 is 26.4. The lowest BCUT2D eigenvalue weighted by Crippen LogP contribution is -2.50. The smallest absolute Gasteiger partial charge is 0.410 e. The van der Waals surface area contributed by atoms with Crippen LogP contribution in [0.5, 0.6) is 5.88 Å². The lowest BCUT2D eigenvalue weighted by atomic mass is 10.2. The summed E-state index contributed by atoms with van der Waals surface area (Å²) in [5, 5.41) is 0. The lowest BCUT2D eigenvalue weighted by molar-refractivity contribution is 0.0240. The zero-order valence-electron chi connectivity index (χ0n) is 19.0. The molecule has 0 saturated carbocycles. The number of carbonyl (C=O) groups is 1. The van der Waals surface area contributed by atoms with Crippen molar-refractivity contribution in [1.82, 2.24) is 14.8 Å². The van der Waals surface area contributed by atoms with Crippen molar-refractivity contribution in [2.45, 2.75) is 39.5 Å². The van der Waals surface area contributed by atoms with Gasteiger partial charge in [0.2, 0.25) is 5.88 Å². The van der Waals surface area contributed by atoms with Gasteiger partial charge in [0.15, 0.2) is 11.6 Å². The van der Waals surface area contributed by atoms with Gasteiger partial charge in [-0.15, -0.1) is 0 Å². The van der Waals surface area contributed by atoms with Crippen molar-refractivity contribution in [2.24, 2.45) is 0 Å². The van der Waals surface area contributed by atoms with Gasteiger partial charge in [0, 0.05) is 51.4 Å². The molecule has 3 heterocycles. The zero-order valence-corrected chi connectivity index (χ0v) is 19.0. The Labute approximate surface area is 188 Å². The van der Waals surface area contributed by atoms with Crippen molar-refractivity contribution < 1.29 is 18.7 Å². The van der Waals surface area contributed by atoms with Gasteiger partial charge in [-0.3, -0.25) is 4.90 Å². The summed E-state index contributed by atoms with van der Waals surface area (Å²) in [6.07, 6.45) is -0.339. The summed E-state index contributed by atoms with van der Waals surface area (Å²) in [5.74, 6) is 0.412. The molecule has 172 valence electrons. The van der Waals surface area contributed by atoms with Crippen LogP contribution in [0.3, 0.4) is 0 Å². The number of hydrogen-bond donors (Lipinski definition) is 0. The monoisotopic (exact) mass is 442 g/mol. The van der Waals surface area contributed by atoms with E-state index in [-0.39, 0.29) is 17.7 Å². The van der Waals surface area contributed by atoms with Gasteiger partial charge in [-0.1, -0.05) is 30.3 Å². The molecule has 8 heteroatoms. The zero-order chi connectivity index (χ0) is 22.7. The van der Waals surface area contributed by atoms with Crippen LogP contribution in [0.4, 0.5) is 15.0 Å². The van der Waals surface area contributed by atoms with Gasteiger partial charge in [0.05, 0.1) is 0 Å². The number of rotatable bonds is 3. The Hall–Kier alpha value is -2.87. The molecule has 0 radical (unpaired) electrons. The maximum absolute atomic E-state index is 15.0. The second kappa shape index (κ2) is 9.32. The fraction of sp³-hybridized carbons (Fsp3) is 0.500. The minimum Gasteiger partial charge on any atom is -0.476 e. The van der Waals surface area contributed by atoms with Crippen LogP contribution < -0.4 is 9.64 Å². The minimum absolute atomic E-state index is 0.282. The van der Waals surface area contributed by atoms with E-state index in [1.807, 2.05) is 43.9 Å². The summed E-state index contributed by atoms with van der Waals surface area (Å²) >= 11 is 0. The number of hydrogen-bond acceptors (Lipinski definition) is 6. The van der Waals surface area contributed by atoms with Gasteiger partial charge in [-0.05, 0) is 32.4 Å². The number of anilines is 1. The normalized spacial score (nSPS) is 17.4. The highest BCUT2D eigenvalue weighted by molar-refractivity contribution is 5.68. The molecule has 1 fully saturated rings. The maximum atomic E-state index is 15.0. The van der Waals surface area contributed by atoms with Gasteiger partial charge < -0.3 is 19.3 Å². The van der Waals surface area contributed by atoms with Gasteiger partial charge in [-0.25, -0.2) is 9.18 Å². The Morgan fingerprint density at radius 2 is 1.84 bits per heavy atom. The fourth-order valence-corrected chi connectivity index (χ4v) is 3.96. The first kappa shape index (κ1) is 22.3. The quantitative estimate of drug-likeness (QED) is 0.723. The molecule has 4 rings (SSSR count). The van der Waals surface area contributed by atoms with Crippen molar-refractivity contribution >= 4 is 11.9 Å². The Kier molecular flexibility index (Phi) is 6.50. The third-order valence-electron chi connectivity index (χ3n) is 5.52. The number of piperazine rings is 1. The Bertz CT molecular complexity index is 940. The van der Waals surface area contributed by atoms with Crippen LogP contribution in [0.25, 0.3) is 0 Å². The summed E-state index contributed by atoms with van der Waals surface area (Å²) in [6, 6.07) is 11.8. The van der Waals surface area contributed by atoms with Crippen molar-refractivity contribution in [3.63, 3.8) is 0 Å². The Balaban J connectivity index is 1.42. The van der Waals surface area contributed by atoms with E-state index in [4.69, 9.17) is 9.47 Å². The molecule has 2 aliphatic heterocycles. The second-order valence-electron chi connectivity index (χ2n) is 9.26. The number of pyridine rings is 1. The van der Waals surface area contributed by atoms with Gasteiger partial charge in [0.1, 0.15) is 12.2 Å². The molecule has 1 amide bonds. The number of halogens is 1. The first-order valence-electron chi connectivity index (χ1n) is 11.1. The van der Waals surface area contributed by atoms with E-state index >= 15 is 4.39 Å². The predicted octanol–water partition coefficient (Wildman–Crippen LogP) is 3.67. The second-order valence-corrected chi connectivity index (χ2v) is 9.26. The molecule has 0 atom stereocenters. The lowest BCUT2D eigenvalue weighted by Gasteiger charge is -2.36. The van der Waals surface area contributed by atoms with E-state index in [1.165, 1.54) is 5.56 Å². The first-order chi connectivity index (χ1) is 15.3. The molecule has 0 bridgehead atoms. The van der Waals surface area contributed by atoms with E-state index in [0.29, 0.717) is 45.2 Å². The molecule has 0 N–H and O–H groups in total. The number of ether oxygens (including phenoxy) is 2. The molecule has 32 heavy (non-hydrogen) atoms. The molecule has 7 nitrogen and oxygen atoms in total. The van der Waals surface area contributed by atoms with Crippen LogP contribution in [-0.4, -0.2) is 65.8 Å². The highest BCUT2D eigenvalue weighted by atomic mass is 19.1. The first-order valence-corrected chi connectivity index (χ1v) is 11.1. The number of aromatic nitrogens is 1. The van der Waals surface area contributed by atoms with E-state index in [1.54, 1.807) is 11.0 Å². The van der Waals surface area contributed by atoms with Crippen LogP contribution >= 0.6 is 0 Å². The Morgan fingerprint density at radius 1 is 1.12 bits per heavy atom. The minimum atomic E-state index is -0.537. The molecule has 2 aromatic rings. The molecule has 2 aliphatic rings. The predicted molar refractivity (Wildman–Crippen MR) is 120 cm³/mol. The van der Waals surface area contributed by atoms with Crippen molar-refractivity contribution in [2.75, 3.05) is 44.2 Å². The molecule has 1 saturated heterocycles. The van der Waals surface area contributed by atoms with Crippen LogP contribution in [0.2, 0.25) is 0 Å². The molecule has 0 aliphatic carbocycles. The van der Waals surface area contributed by atoms with Crippen LogP contribution in [0.15, 0.2) is 36.4 Å². The maximum Gasteiger partial charge on any atom is 0.410 e. The highest BCUT2D eigenvalue weighted by Gasteiger charge is 2.28. The summed E-state index contributed by atoms with van der Waals surface area (Å²) in [4.78, 5) is 22.6. The van der Waals surface area contributed by atoms with Crippen LogP contribution in [0.1, 0.15) is 31.9 Å². The van der Waals surface area contributed by atoms with Crippen LogP contribution in [0, 0.1) is 5.82 Å². The largest absolute Gasteiger partial charge is 0.476 e. The number of amides is 1. The molecule has 0 unspecified atom stereocenters. The third-order valence-corrected chi connectivity index (χ3v) is 5.52. The Morgan fingerprint density at radius 3 is 2.53 bits per heavy atom. The average molecular weight is 443 g/mol. The van der Waals surface area contributed by atoms with Gasteiger partial charge in [-0.2, -0.15) is 4.98 Å². The van der Waals surface area contributed by atoms with Crippen molar-refractivity contribution in [3.8, 4) is 5.88 Å². The number of benzene rings is 1. The average Bonchev–Trinajstić information content (AvgIpc) is 2.94. The molecular weight excluding hydrogens is 411 g/mol. The molecule has 1 aromatic carbocycles. The van der Waals surface area contributed by atoms with Crippen LogP contribution in [-0.2, 0) is 17.8 Å². The third kappa shape index (κ3) is 5.48. The summed E-state index contributed by atoms with van der Waals surface area (Å²) in [6.45, 7) is 10.0. The molecular formula is C24H31FN4O3. The SMILES string of the molecule is CC(C)(C)OC(=O)N1CCN(c2nc3c(cc2F)CN(Cc2ccccc2)CCO3)CC1. The van der Waals surface area contributed by atoms with Crippen molar-refractivity contribution in [1.29, 1.82) is 0 Å². The summed E-state index contributed by atoms with van der Waals surface area (Å²) in [7, 11) is 0. The standard InChI is InChI=1S/C24H31FN4O3/c1-24(2,3)32-23(30)29-11-9-28(10-12-29)21-20(25)15-19-17-27(13-14-31-22(19)26-21)16-18-7-5-4-6-8-18/h4-8,15H,9-14,16-17H2,1-3H3. The van der Waals surface area contributed by atoms with Crippen molar-refractivity contribution in [3.05, 3.63) is 53.3 Å². The van der Waals surface area contributed by atoms with Gasteiger partial charge in [0.25, 0.3) is 0 Å². The summed E-state index contributed by atoms with van der Waals surface area (Å²) in [5.41, 5.74) is 1.43. The highest BCUT2D eigenvalue weighted by Crippen LogP contribution is 2.29. The van der Waals surface area contributed by atoms with Gasteiger partial charge >= 0.3 is 6.09 Å². The topological polar surface area (TPSA) is 58.1 Å². The number of fused-ring (bicyclic) bond motifs is 1.